The van der Waals surface area contributed by atoms with Crippen LogP contribution in [0, 0.1) is 0 Å². The van der Waals surface area contributed by atoms with Gasteiger partial charge in [0.25, 0.3) is 10.2 Å². The minimum absolute atomic E-state index is 0.101. The van der Waals surface area contributed by atoms with Crippen LogP contribution in [0.2, 0.25) is 0 Å². The van der Waals surface area contributed by atoms with Crippen molar-refractivity contribution in [3.8, 4) is 0 Å². The van der Waals surface area contributed by atoms with E-state index in [1.165, 1.54) is 4.31 Å². The van der Waals surface area contributed by atoms with Crippen LogP contribution in [-0.4, -0.2) is 68.9 Å². The summed E-state index contributed by atoms with van der Waals surface area (Å²) in [5.41, 5.74) is 0. The summed E-state index contributed by atoms with van der Waals surface area (Å²) in [6.45, 7) is 1.55. The zero-order chi connectivity index (χ0) is 13.9. The van der Waals surface area contributed by atoms with Gasteiger partial charge < -0.3 is 14.6 Å². The molecule has 2 aliphatic rings. The van der Waals surface area contributed by atoms with Crippen molar-refractivity contribution in [1.29, 1.82) is 0 Å². The Balaban J connectivity index is 1.80. The summed E-state index contributed by atoms with van der Waals surface area (Å²) >= 11 is 0. The third kappa shape index (κ3) is 3.86. The highest BCUT2D eigenvalue weighted by molar-refractivity contribution is 7.87. The van der Waals surface area contributed by atoms with Crippen molar-refractivity contribution in [3.05, 3.63) is 0 Å². The first-order valence-electron chi connectivity index (χ1n) is 6.20. The van der Waals surface area contributed by atoms with Gasteiger partial charge in [-0.05, 0) is 12.8 Å². The molecule has 0 aromatic heterocycles. The summed E-state index contributed by atoms with van der Waals surface area (Å²) in [5.74, 6) is -1.00. The van der Waals surface area contributed by atoms with E-state index in [0.717, 1.165) is 0 Å². The molecule has 110 valence electrons. The summed E-state index contributed by atoms with van der Waals surface area (Å²) in [6, 6.07) is 0. The Bertz CT molecular complexity index is 420. The summed E-state index contributed by atoms with van der Waals surface area (Å²) < 4.78 is 38.0. The number of carboxylic acid groups (broad SMARTS) is 1. The average Bonchev–Trinajstić information content (AvgIpc) is 2.87. The molecule has 0 bridgehead atoms. The topological polar surface area (TPSA) is 105 Å². The first kappa shape index (κ1) is 14.7. The van der Waals surface area contributed by atoms with Crippen LogP contribution in [0.15, 0.2) is 0 Å². The van der Waals surface area contributed by atoms with Crippen LogP contribution in [0.4, 0.5) is 0 Å². The van der Waals surface area contributed by atoms with Crippen molar-refractivity contribution in [2.24, 2.45) is 0 Å². The van der Waals surface area contributed by atoms with Gasteiger partial charge >= 0.3 is 5.97 Å². The Morgan fingerprint density at radius 3 is 2.58 bits per heavy atom. The minimum Gasteiger partial charge on any atom is -0.479 e. The van der Waals surface area contributed by atoms with Crippen LogP contribution in [0.25, 0.3) is 0 Å². The average molecular weight is 294 g/mol. The van der Waals surface area contributed by atoms with E-state index < -0.39 is 22.3 Å². The van der Waals surface area contributed by atoms with Gasteiger partial charge in [0.15, 0.2) is 6.10 Å². The largest absolute Gasteiger partial charge is 0.479 e. The van der Waals surface area contributed by atoms with E-state index in [0.29, 0.717) is 39.1 Å². The van der Waals surface area contributed by atoms with Gasteiger partial charge in [0.2, 0.25) is 0 Å². The standard InChI is InChI=1S/C10H18N2O6S/c13-10(14)9-2-1-8(18-9)7-11-19(15,16)12-3-5-17-6-4-12/h8-9,11H,1-7H2,(H,13,14). The van der Waals surface area contributed by atoms with Crippen LogP contribution in [0.5, 0.6) is 0 Å². The Morgan fingerprint density at radius 1 is 1.32 bits per heavy atom. The van der Waals surface area contributed by atoms with Crippen LogP contribution in [0.3, 0.4) is 0 Å². The molecular formula is C10H18N2O6S. The number of hydrogen-bond acceptors (Lipinski definition) is 5. The fraction of sp³-hybridized carbons (Fsp3) is 0.900. The summed E-state index contributed by atoms with van der Waals surface area (Å²) in [4.78, 5) is 10.7. The molecule has 0 spiro atoms. The maximum absolute atomic E-state index is 11.9. The molecule has 2 unspecified atom stereocenters. The number of carboxylic acids is 1. The lowest BCUT2D eigenvalue weighted by molar-refractivity contribution is -0.149. The van der Waals surface area contributed by atoms with Gasteiger partial charge in [-0.3, -0.25) is 0 Å². The van der Waals surface area contributed by atoms with Crippen LogP contribution in [-0.2, 0) is 24.5 Å². The highest BCUT2D eigenvalue weighted by atomic mass is 32.2. The quantitative estimate of drug-likeness (QED) is 0.659. The fourth-order valence-electron chi connectivity index (χ4n) is 2.11. The van der Waals surface area contributed by atoms with E-state index in [2.05, 4.69) is 4.72 Å². The lowest BCUT2D eigenvalue weighted by Gasteiger charge is -2.26. The van der Waals surface area contributed by atoms with Crippen molar-refractivity contribution >= 4 is 16.2 Å². The number of nitrogens with one attached hydrogen (secondary N) is 1. The molecule has 9 heteroatoms. The van der Waals surface area contributed by atoms with E-state index in [4.69, 9.17) is 14.6 Å². The minimum atomic E-state index is -3.53. The van der Waals surface area contributed by atoms with Gasteiger partial charge in [0, 0.05) is 19.6 Å². The second-order valence-corrected chi connectivity index (χ2v) is 6.28. The maximum Gasteiger partial charge on any atom is 0.332 e. The molecule has 19 heavy (non-hydrogen) atoms. The number of aliphatic carboxylic acids is 1. The molecule has 2 atom stereocenters. The Hall–Kier alpha value is -0.740. The number of morpholine rings is 1. The van der Waals surface area contributed by atoms with E-state index in [1.807, 2.05) is 0 Å². The van der Waals surface area contributed by atoms with Gasteiger partial charge in [-0.25, -0.2) is 4.79 Å². The van der Waals surface area contributed by atoms with E-state index in [-0.39, 0.29) is 12.6 Å². The van der Waals surface area contributed by atoms with Gasteiger partial charge in [0.05, 0.1) is 19.3 Å². The molecule has 2 aliphatic heterocycles. The molecule has 2 heterocycles. The molecule has 2 N–H and O–H groups in total. The first-order valence-corrected chi connectivity index (χ1v) is 7.64. The Morgan fingerprint density at radius 2 is 2.00 bits per heavy atom. The van der Waals surface area contributed by atoms with Crippen LogP contribution >= 0.6 is 0 Å². The second kappa shape index (κ2) is 6.14. The highest BCUT2D eigenvalue weighted by Crippen LogP contribution is 2.19. The van der Waals surface area contributed by atoms with Gasteiger partial charge in [0.1, 0.15) is 0 Å². The van der Waals surface area contributed by atoms with Crippen molar-refractivity contribution in [2.75, 3.05) is 32.8 Å². The van der Waals surface area contributed by atoms with Crippen molar-refractivity contribution < 1.29 is 27.8 Å². The molecule has 0 saturated carbocycles. The second-order valence-electron chi connectivity index (χ2n) is 4.53. The fourth-order valence-corrected chi connectivity index (χ4v) is 3.32. The molecule has 0 radical (unpaired) electrons. The predicted molar refractivity (Wildman–Crippen MR) is 64.8 cm³/mol. The number of carbonyl (C=O) groups is 1. The molecule has 2 fully saturated rings. The van der Waals surface area contributed by atoms with E-state index in [9.17, 15) is 13.2 Å². The molecule has 0 aromatic carbocycles. The highest BCUT2D eigenvalue weighted by Gasteiger charge is 2.32. The number of rotatable bonds is 5. The Kier molecular flexibility index (Phi) is 4.74. The lowest BCUT2D eigenvalue weighted by atomic mass is 10.2. The van der Waals surface area contributed by atoms with Crippen LogP contribution < -0.4 is 4.72 Å². The third-order valence-corrected chi connectivity index (χ3v) is 4.76. The number of hydrogen-bond donors (Lipinski definition) is 2. The lowest BCUT2D eigenvalue weighted by Crippen LogP contribution is -2.48. The predicted octanol–water partition coefficient (Wildman–Crippen LogP) is -1.21. The number of nitrogens with zero attached hydrogens (tertiary/aromatic N) is 1. The van der Waals surface area contributed by atoms with E-state index >= 15 is 0 Å². The number of ether oxygens (including phenoxy) is 2. The first-order chi connectivity index (χ1) is 8.99. The van der Waals surface area contributed by atoms with Gasteiger partial charge in [-0.15, -0.1) is 0 Å². The molecule has 2 saturated heterocycles. The SMILES string of the molecule is O=C(O)C1CCC(CNS(=O)(=O)N2CCOCC2)O1. The van der Waals surface area contributed by atoms with Crippen LogP contribution in [0.1, 0.15) is 12.8 Å². The maximum atomic E-state index is 11.9. The monoisotopic (exact) mass is 294 g/mol. The smallest absolute Gasteiger partial charge is 0.332 e. The van der Waals surface area contributed by atoms with E-state index in [1.54, 1.807) is 0 Å². The molecule has 0 aromatic rings. The molecule has 8 nitrogen and oxygen atoms in total. The van der Waals surface area contributed by atoms with Crippen molar-refractivity contribution in [3.63, 3.8) is 0 Å². The Labute approximate surface area is 111 Å². The van der Waals surface area contributed by atoms with Crippen molar-refractivity contribution in [1.82, 2.24) is 9.03 Å². The molecule has 0 amide bonds. The van der Waals surface area contributed by atoms with Gasteiger partial charge in [-0.1, -0.05) is 0 Å². The summed E-state index contributed by atoms with van der Waals surface area (Å²) in [5, 5.41) is 8.78. The normalized spacial score (nSPS) is 29.5. The molecular weight excluding hydrogens is 276 g/mol. The third-order valence-electron chi connectivity index (χ3n) is 3.19. The summed E-state index contributed by atoms with van der Waals surface area (Å²) in [7, 11) is -3.53. The zero-order valence-corrected chi connectivity index (χ0v) is 11.3. The molecule has 0 aliphatic carbocycles. The van der Waals surface area contributed by atoms with Crippen molar-refractivity contribution in [2.45, 2.75) is 25.0 Å². The zero-order valence-electron chi connectivity index (χ0n) is 10.4. The molecule has 2 rings (SSSR count). The van der Waals surface area contributed by atoms with Gasteiger partial charge in [-0.2, -0.15) is 17.4 Å². The summed E-state index contributed by atoms with van der Waals surface area (Å²) in [6.07, 6.45) is -0.239.